The second kappa shape index (κ2) is 5.46. The lowest BCUT2D eigenvalue weighted by molar-refractivity contribution is 0.624. The van der Waals surface area contributed by atoms with E-state index in [9.17, 15) is 4.39 Å². The molecular weight excluding hydrogens is 329 g/mol. The van der Waals surface area contributed by atoms with Gasteiger partial charge in [-0.2, -0.15) is 0 Å². The van der Waals surface area contributed by atoms with Crippen molar-refractivity contribution in [2.45, 2.75) is 0 Å². The molecule has 0 aliphatic carbocycles. The van der Waals surface area contributed by atoms with Crippen molar-refractivity contribution in [3.63, 3.8) is 0 Å². The number of hydrogen-bond acceptors (Lipinski definition) is 4. The molecule has 1 aliphatic rings. The molecule has 2 aromatic rings. The second-order valence-electron chi connectivity index (χ2n) is 4.40. The third-order valence-corrected chi connectivity index (χ3v) is 4.82. The number of hydrogen-bond donors (Lipinski definition) is 0. The molecule has 0 atom stereocenters. The lowest BCUT2D eigenvalue weighted by atomic mass is 10.2. The van der Waals surface area contributed by atoms with Crippen molar-refractivity contribution in [3.8, 4) is 0 Å². The van der Waals surface area contributed by atoms with E-state index in [2.05, 4.69) is 30.7 Å². The van der Waals surface area contributed by atoms with Gasteiger partial charge in [0.25, 0.3) is 0 Å². The van der Waals surface area contributed by atoms with Crippen LogP contribution in [0.3, 0.4) is 0 Å². The topological polar surface area (TPSA) is 19.4 Å². The zero-order valence-electron chi connectivity index (χ0n) is 10.2. The number of thiazole rings is 1. The van der Waals surface area contributed by atoms with Crippen LogP contribution >= 0.6 is 27.3 Å². The van der Waals surface area contributed by atoms with Gasteiger partial charge in [-0.05, 0) is 40.2 Å². The zero-order valence-corrected chi connectivity index (χ0v) is 12.6. The molecule has 3 nitrogen and oxygen atoms in total. The van der Waals surface area contributed by atoms with Gasteiger partial charge in [0.05, 0.1) is 0 Å². The minimum Gasteiger partial charge on any atom is -0.368 e. The number of nitrogens with zero attached hydrogens (tertiary/aromatic N) is 3. The van der Waals surface area contributed by atoms with Crippen LogP contribution in [0.1, 0.15) is 0 Å². The number of benzene rings is 1. The van der Waals surface area contributed by atoms with E-state index in [0.717, 1.165) is 41.6 Å². The fraction of sp³-hybridized carbons (Fsp3) is 0.308. The highest BCUT2D eigenvalue weighted by atomic mass is 79.9. The van der Waals surface area contributed by atoms with Crippen LogP contribution in [0, 0.1) is 5.82 Å². The van der Waals surface area contributed by atoms with Crippen molar-refractivity contribution in [2.75, 3.05) is 36.0 Å². The smallest absolute Gasteiger partial charge is 0.186 e. The van der Waals surface area contributed by atoms with Gasteiger partial charge in [0.15, 0.2) is 5.13 Å². The van der Waals surface area contributed by atoms with Gasteiger partial charge in [0.1, 0.15) is 10.4 Å². The van der Waals surface area contributed by atoms with Crippen LogP contribution in [0.2, 0.25) is 0 Å². The molecule has 0 bridgehead atoms. The molecule has 0 N–H and O–H groups in total. The van der Waals surface area contributed by atoms with Crippen LogP contribution in [-0.2, 0) is 0 Å². The van der Waals surface area contributed by atoms with Crippen LogP contribution in [-0.4, -0.2) is 31.2 Å². The molecule has 0 saturated carbocycles. The van der Waals surface area contributed by atoms with Crippen molar-refractivity contribution in [1.82, 2.24) is 4.98 Å². The quantitative estimate of drug-likeness (QED) is 0.834. The van der Waals surface area contributed by atoms with E-state index in [1.165, 1.54) is 12.1 Å². The van der Waals surface area contributed by atoms with Gasteiger partial charge in [-0.1, -0.05) is 0 Å². The molecule has 3 rings (SSSR count). The maximum Gasteiger partial charge on any atom is 0.186 e. The zero-order chi connectivity index (χ0) is 13.2. The molecule has 1 fully saturated rings. The number of anilines is 2. The minimum absolute atomic E-state index is 0.185. The summed E-state index contributed by atoms with van der Waals surface area (Å²) in [4.78, 5) is 9.00. The van der Waals surface area contributed by atoms with E-state index in [0.29, 0.717) is 0 Å². The molecule has 1 aliphatic heterocycles. The molecule has 6 heteroatoms. The molecule has 0 amide bonds. The Morgan fingerprint density at radius 3 is 2.26 bits per heavy atom. The summed E-state index contributed by atoms with van der Waals surface area (Å²) in [6.45, 7) is 3.75. The first kappa shape index (κ1) is 12.9. The summed E-state index contributed by atoms with van der Waals surface area (Å²) in [6.07, 6.45) is 0. The van der Waals surface area contributed by atoms with E-state index in [1.54, 1.807) is 11.3 Å². The summed E-state index contributed by atoms with van der Waals surface area (Å²) in [5.74, 6) is -0.185. The van der Waals surface area contributed by atoms with Crippen molar-refractivity contribution in [2.24, 2.45) is 0 Å². The van der Waals surface area contributed by atoms with Crippen LogP contribution in [0.4, 0.5) is 15.2 Å². The third kappa shape index (κ3) is 2.90. The molecule has 2 heterocycles. The Morgan fingerprint density at radius 1 is 1.05 bits per heavy atom. The van der Waals surface area contributed by atoms with E-state index in [1.807, 2.05) is 17.5 Å². The summed E-state index contributed by atoms with van der Waals surface area (Å²) in [5.41, 5.74) is 1.08. The highest BCUT2D eigenvalue weighted by Crippen LogP contribution is 2.25. The first-order valence-corrected chi connectivity index (χ1v) is 7.76. The molecule has 1 aromatic heterocycles. The summed E-state index contributed by atoms with van der Waals surface area (Å²) < 4.78 is 13.8. The number of halogens is 2. The molecule has 0 radical (unpaired) electrons. The van der Waals surface area contributed by atoms with E-state index in [-0.39, 0.29) is 5.82 Å². The summed E-state index contributed by atoms with van der Waals surface area (Å²) in [6, 6.07) is 6.70. The van der Waals surface area contributed by atoms with Gasteiger partial charge in [-0.3, -0.25) is 0 Å². The van der Waals surface area contributed by atoms with Gasteiger partial charge in [0, 0.05) is 37.2 Å². The first-order chi connectivity index (χ1) is 9.22. The molecule has 1 aromatic carbocycles. The Morgan fingerprint density at radius 2 is 1.68 bits per heavy atom. The normalized spacial score (nSPS) is 15.9. The fourth-order valence-electron chi connectivity index (χ4n) is 2.20. The van der Waals surface area contributed by atoms with Crippen LogP contribution in [0.5, 0.6) is 0 Å². The Bertz CT molecular complexity index is 549. The van der Waals surface area contributed by atoms with Gasteiger partial charge in [-0.15, -0.1) is 11.3 Å². The lowest BCUT2D eigenvalue weighted by Gasteiger charge is -2.35. The van der Waals surface area contributed by atoms with Crippen molar-refractivity contribution in [3.05, 3.63) is 40.1 Å². The van der Waals surface area contributed by atoms with Crippen molar-refractivity contribution >= 4 is 38.1 Å². The number of piperazine rings is 1. The third-order valence-electron chi connectivity index (χ3n) is 3.21. The van der Waals surface area contributed by atoms with Crippen LogP contribution in [0.25, 0.3) is 0 Å². The Labute approximate surface area is 123 Å². The molecule has 0 spiro atoms. The van der Waals surface area contributed by atoms with E-state index < -0.39 is 0 Å². The molecule has 1 saturated heterocycles. The van der Waals surface area contributed by atoms with E-state index in [4.69, 9.17) is 0 Å². The van der Waals surface area contributed by atoms with Gasteiger partial charge in [0.2, 0.25) is 0 Å². The van der Waals surface area contributed by atoms with Crippen molar-refractivity contribution < 1.29 is 4.39 Å². The monoisotopic (exact) mass is 341 g/mol. The van der Waals surface area contributed by atoms with Gasteiger partial charge in [-0.25, -0.2) is 9.37 Å². The highest BCUT2D eigenvalue weighted by molar-refractivity contribution is 9.10. The molecule has 100 valence electrons. The largest absolute Gasteiger partial charge is 0.368 e. The maximum atomic E-state index is 12.9. The first-order valence-electron chi connectivity index (χ1n) is 6.09. The standard InChI is InChI=1S/C13H13BrFN3S/c14-12-9-19-13(16-12)18-7-5-17(6-8-18)11-3-1-10(15)2-4-11/h1-4,9H,5-8H2. The van der Waals surface area contributed by atoms with Gasteiger partial charge < -0.3 is 9.80 Å². The summed E-state index contributed by atoms with van der Waals surface area (Å²) in [7, 11) is 0. The average Bonchev–Trinajstić information content (AvgIpc) is 2.87. The average molecular weight is 342 g/mol. The Balaban J connectivity index is 1.64. The fourth-order valence-corrected chi connectivity index (χ4v) is 3.50. The summed E-state index contributed by atoms with van der Waals surface area (Å²) in [5, 5.41) is 3.06. The molecular formula is C13H13BrFN3S. The molecule has 0 unspecified atom stereocenters. The van der Waals surface area contributed by atoms with Crippen LogP contribution < -0.4 is 9.80 Å². The Hall–Kier alpha value is -1.14. The van der Waals surface area contributed by atoms with Crippen molar-refractivity contribution in [1.29, 1.82) is 0 Å². The lowest BCUT2D eigenvalue weighted by Crippen LogP contribution is -2.46. The Kier molecular flexibility index (Phi) is 3.70. The predicted octanol–water partition coefficient (Wildman–Crippen LogP) is 3.37. The predicted molar refractivity (Wildman–Crippen MR) is 80.6 cm³/mol. The van der Waals surface area contributed by atoms with Crippen LogP contribution in [0.15, 0.2) is 34.2 Å². The number of aromatic nitrogens is 1. The second-order valence-corrected chi connectivity index (χ2v) is 6.05. The highest BCUT2D eigenvalue weighted by Gasteiger charge is 2.19. The summed E-state index contributed by atoms with van der Waals surface area (Å²) >= 11 is 5.04. The molecule has 19 heavy (non-hydrogen) atoms. The maximum absolute atomic E-state index is 12.9. The van der Waals surface area contributed by atoms with Gasteiger partial charge >= 0.3 is 0 Å². The number of rotatable bonds is 2. The van der Waals surface area contributed by atoms with E-state index >= 15 is 0 Å². The SMILES string of the molecule is Fc1ccc(N2CCN(c3nc(Br)cs3)CC2)cc1. The minimum atomic E-state index is -0.185.